The van der Waals surface area contributed by atoms with Gasteiger partial charge in [0.2, 0.25) is 0 Å². The van der Waals surface area contributed by atoms with Crippen molar-refractivity contribution in [2.45, 2.75) is 0 Å². The number of hydrogen-bond acceptors (Lipinski definition) is 5. The maximum Gasteiger partial charge on any atom is 0.340 e. The second kappa shape index (κ2) is 8.15. The number of non-ortho nitro benzene ring substituents is 1. The van der Waals surface area contributed by atoms with Crippen molar-refractivity contribution in [2.75, 3.05) is 11.9 Å². The minimum atomic E-state index is -0.885. The molecule has 7 nitrogen and oxygen atoms in total. The molecule has 25 heavy (non-hydrogen) atoms. The molecule has 0 bridgehead atoms. The summed E-state index contributed by atoms with van der Waals surface area (Å²) in [7, 11) is 0. The Morgan fingerprint density at radius 3 is 2.36 bits per heavy atom. The lowest BCUT2D eigenvalue weighted by molar-refractivity contribution is -0.384. The molecule has 2 aromatic rings. The third kappa shape index (κ3) is 5.06. The average molecular weight is 404 g/mol. The molecule has 2 aromatic carbocycles. The molecule has 130 valence electrons. The lowest BCUT2D eigenvalue weighted by Gasteiger charge is -2.08. The van der Waals surface area contributed by atoms with E-state index in [9.17, 15) is 19.7 Å². The number of carbonyl (C=O) groups excluding carboxylic acids is 2. The molecular weight excluding hydrogens is 395 g/mol. The van der Waals surface area contributed by atoms with Crippen LogP contribution in [-0.2, 0) is 9.53 Å². The van der Waals surface area contributed by atoms with Crippen molar-refractivity contribution in [2.24, 2.45) is 0 Å². The summed E-state index contributed by atoms with van der Waals surface area (Å²) in [6.07, 6.45) is 0. The monoisotopic (exact) mass is 402 g/mol. The summed E-state index contributed by atoms with van der Waals surface area (Å²) in [5, 5.41) is 13.5. The smallest absolute Gasteiger partial charge is 0.340 e. The van der Waals surface area contributed by atoms with Crippen molar-refractivity contribution in [3.05, 3.63) is 67.1 Å². The highest BCUT2D eigenvalue weighted by atomic mass is 35.5. The molecule has 0 fully saturated rings. The van der Waals surface area contributed by atoms with Gasteiger partial charge in [-0.3, -0.25) is 14.9 Å². The van der Waals surface area contributed by atoms with Gasteiger partial charge in [0.15, 0.2) is 6.61 Å². The zero-order valence-electron chi connectivity index (χ0n) is 12.3. The third-order valence-corrected chi connectivity index (χ3v) is 3.97. The number of nitrogens with one attached hydrogen (secondary N) is 1. The van der Waals surface area contributed by atoms with E-state index in [0.29, 0.717) is 10.7 Å². The standard InChI is InChI=1S/C15H9Cl3N2O5/c16-11-4-1-8(5-13(11)18)19-14(21)7-25-15(22)10-3-2-9(20(23)24)6-12(10)17/h1-6H,7H2,(H,19,21). The first kappa shape index (κ1) is 19.0. The molecule has 0 saturated heterocycles. The van der Waals surface area contributed by atoms with Crippen LogP contribution < -0.4 is 5.32 Å². The first-order chi connectivity index (χ1) is 11.8. The quantitative estimate of drug-likeness (QED) is 0.454. The highest BCUT2D eigenvalue weighted by Gasteiger charge is 2.17. The number of nitrogens with zero attached hydrogens (tertiary/aromatic N) is 1. The van der Waals surface area contributed by atoms with Crippen LogP contribution in [0.4, 0.5) is 11.4 Å². The normalized spacial score (nSPS) is 10.2. The Bertz CT molecular complexity index is 857. The molecule has 0 atom stereocenters. The number of rotatable bonds is 5. The van der Waals surface area contributed by atoms with Gasteiger partial charge in [0.05, 0.1) is 25.6 Å². The van der Waals surface area contributed by atoms with Gasteiger partial charge >= 0.3 is 5.97 Å². The molecule has 10 heteroatoms. The summed E-state index contributed by atoms with van der Waals surface area (Å²) < 4.78 is 4.83. The molecule has 0 aliphatic rings. The molecule has 0 spiro atoms. The van der Waals surface area contributed by atoms with E-state index in [1.54, 1.807) is 0 Å². The fraction of sp³-hybridized carbons (Fsp3) is 0.0667. The van der Waals surface area contributed by atoms with Crippen LogP contribution in [0.3, 0.4) is 0 Å². The zero-order valence-corrected chi connectivity index (χ0v) is 14.6. The highest BCUT2D eigenvalue weighted by molar-refractivity contribution is 6.42. The van der Waals surface area contributed by atoms with Crippen LogP contribution >= 0.6 is 34.8 Å². The van der Waals surface area contributed by atoms with Crippen molar-refractivity contribution in [3.63, 3.8) is 0 Å². The maximum atomic E-state index is 11.9. The summed E-state index contributed by atoms with van der Waals surface area (Å²) in [5.41, 5.74) is 0.0253. The van der Waals surface area contributed by atoms with Crippen molar-refractivity contribution in [3.8, 4) is 0 Å². The van der Waals surface area contributed by atoms with Crippen LogP contribution in [0.5, 0.6) is 0 Å². The number of esters is 1. The average Bonchev–Trinajstić information content (AvgIpc) is 2.56. The van der Waals surface area contributed by atoms with Crippen molar-refractivity contribution < 1.29 is 19.2 Å². The summed E-state index contributed by atoms with van der Waals surface area (Å²) in [6, 6.07) is 7.76. The van der Waals surface area contributed by atoms with E-state index in [2.05, 4.69) is 5.32 Å². The summed E-state index contributed by atoms with van der Waals surface area (Å²) in [5.74, 6) is -1.49. The number of ether oxygens (including phenoxy) is 1. The fourth-order valence-corrected chi connectivity index (χ4v) is 2.31. The molecule has 0 aromatic heterocycles. The predicted molar refractivity (Wildman–Crippen MR) is 93.5 cm³/mol. The zero-order chi connectivity index (χ0) is 18.6. The molecule has 1 amide bonds. The minimum absolute atomic E-state index is 0.0883. The number of amides is 1. The van der Waals surface area contributed by atoms with Gasteiger partial charge in [-0.1, -0.05) is 34.8 Å². The molecule has 0 aliphatic heterocycles. The number of carbonyl (C=O) groups is 2. The van der Waals surface area contributed by atoms with Gasteiger partial charge in [0.25, 0.3) is 11.6 Å². The fourth-order valence-electron chi connectivity index (χ4n) is 1.76. The Morgan fingerprint density at radius 2 is 1.76 bits per heavy atom. The van der Waals surface area contributed by atoms with Gasteiger partial charge in [-0.25, -0.2) is 4.79 Å². The molecular formula is C15H9Cl3N2O5. The molecule has 2 rings (SSSR count). The van der Waals surface area contributed by atoms with Crippen molar-refractivity contribution >= 4 is 58.1 Å². The van der Waals surface area contributed by atoms with Crippen molar-refractivity contribution in [1.29, 1.82) is 0 Å². The number of anilines is 1. The van der Waals surface area contributed by atoms with Crippen LogP contribution in [0.15, 0.2) is 36.4 Å². The van der Waals surface area contributed by atoms with E-state index in [-0.39, 0.29) is 21.3 Å². The van der Waals surface area contributed by atoms with Gasteiger partial charge in [-0.05, 0) is 24.3 Å². The number of hydrogen-bond donors (Lipinski definition) is 1. The Hall–Kier alpha value is -2.35. The summed E-state index contributed by atoms with van der Waals surface area (Å²) in [6.45, 7) is -0.577. The van der Waals surface area contributed by atoms with E-state index >= 15 is 0 Å². The van der Waals surface area contributed by atoms with Crippen LogP contribution in [0.1, 0.15) is 10.4 Å². The van der Waals surface area contributed by atoms with Crippen LogP contribution in [0, 0.1) is 10.1 Å². The second-order valence-corrected chi connectivity index (χ2v) is 5.90. The van der Waals surface area contributed by atoms with Gasteiger partial charge in [-0.2, -0.15) is 0 Å². The molecule has 0 unspecified atom stereocenters. The predicted octanol–water partition coefficient (Wildman–Crippen LogP) is 4.35. The topological polar surface area (TPSA) is 98.5 Å². The van der Waals surface area contributed by atoms with Crippen molar-refractivity contribution in [1.82, 2.24) is 0 Å². The second-order valence-electron chi connectivity index (χ2n) is 4.67. The molecule has 0 aliphatic carbocycles. The number of nitro benzene ring substituents is 1. The van der Waals surface area contributed by atoms with E-state index in [4.69, 9.17) is 39.5 Å². The van der Waals surface area contributed by atoms with E-state index in [1.807, 2.05) is 0 Å². The Kier molecular flexibility index (Phi) is 6.19. The molecule has 0 saturated carbocycles. The largest absolute Gasteiger partial charge is 0.452 e. The van der Waals surface area contributed by atoms with Gasteiger partial charge < -0.3 is 10.1 Å². The minimum Gasteiger partial charge on any atom is -0.452 e. The number of halogens is 3. The van der Waals surface area contributed by atoms with Crippen LogP contribution in [-0.4, -0.2) is 23.4 Å². The lowest BCUT2D eigenvalue weighted by atomic mass is 10.2. The lowest BCUT2D eigenvalue weighted by Crippen LogP contribution is -2.21. The van der Waals surface area contributed by atoms with E-state index in [1.165, 1.54) is 18.2 Å². The molecule has 1 N–H and O–H groups in total. The first-order valence-corrected chi connectivity index (χ1v) is 7.77. The van der Waals surface area contributed by atoms with Crippen LogP contribution in [0.25, 0.3) is 0 Å². The Morgan fingerprint density at radius 1 is 1.04 bits per heavy atom. The SMILES string of the molecule is O=C(COC(=O)c1ccc([N+](=O)[O-])cc1Cl)Nc1ccc(Cl)c(Cl)c1. The van der Waals surface area contributed by atoms with Gasteiger partial charge in [0.1, 0.15) is 0 Å². The Balaban J connectivity index is 1.96. The highest BCUT2D eigenvalue weighted by Crippen LogP contribution is 2.25. The first-order valence-electron chi connectivity index (χ1n) is 6.64. The molecule has 0 radical (unpaired) electrons. The van der Waals surface area contributed by atoms with Gasteiger partial charge in [0, 0.05) is 17.8 Å². The third-order valence-electron chi connectivity index (χ3n) is 2.92. The van der Waals surface area contributed by atoms with Crippen LogP contribution in [0.2, 0.25) is 15.1 Å². The van der Waals surface area contributed by atoms with E-state index < -0.39 is 23.4 Å². The Labute approximate surface area is 156 Å². The number of nitro groups is 1. The molecule has 0 heterocycles. The summed E-state index contributed by atoms with van der Waals surface area (Å²) >= 11 is 17.4. The summed E-state index contributed by atoms with van der Waals surface area (Å²) in [4.78, 5) is 33.7. The van der Waals surface area contributed by atoms with E-state index in [0.717, 1.165) is 18.2 Å². The number of benzene rings is 2. The maximum absolute atomic E-state index is 11.9. The van der Waals surface area contributed by atoms with Gasteiger partial charge in [-0.15, -0.1) is 0 Å².